The summed E-state index contributed by atoms with van der Waals surface area (Å²) in [4.78, 5) is 0. The molecule has 0 amide bonds. The van der Waals surface area contributed by atoms with Crippen molar-refractivity contribution in [1.29, 1.82) is 0 Å². The Bertz CT molecular complexity index is 3530. The molecule has 9 aromatic carbocycles. The maximum Gasteiger partial charge on any atom is 0.256 e. The van der Waals surface area contributed by atoms with Gasteiger partial charge in [0.05, 0.1) is 33.1 Å². The second-order valence-electron chi connectivity index (χ2n) is 15.6. The monoisotopic (exact) mass is 751 g/mol. The molecule has 1 aliphatic heterocycles. The Morgan fingerprint density at radius 3 is 1.15 bits per heavy atom. The van der Waals surface area contributed by atoms with Crippen molar-refractivity contribution in [2.24, 2.45) is 0 Å². The highest BCUT2D eigenvalue weighted by molar-refractivity contribution is 6.98. The van der Waals surface area contributed by atoms with E-state index < -0.39 is 0 Å². The molecule has 0 fully saturated rings. The van der Waals surface area contributed by atoms with Gasteiger partial charge in [0.1, 0.15) is 11.5 Å². The summed E-state index contributed by atoms with van der Waals surface area (Å²) in [6.45, 7) is -0.129. The van der Waals surface area contributed by atoms with Crippen LogP contribution in [0.15, 0.2) is 206 Å². The third-order valence-corrected chi connectivity index (χ3v) is 12.6. The molecule has 4 heterocycles. The number of para-hydroxylation sites is 7. The fourth-order valence-electron chi connectivity index (χ4n) is 10.2. The molecule has 0 radical (unpaired) electrons. The first-order valence-corrected chi connectivity index (χ1v) is 20.3. The van der Waals surface area contributed by atoms with Gasteiger partial charge in [-0.15, -0.1) is 0 Å². The number of rotatable bonds is 4. The Morgan fingerprint density at radius 2 is 0.678 bits per heavy atom. The lowest BCUT2D eigenvalue weighted by Crippen LogP contribution is -2.56. The minimum atomic E-state index is -0.129. The molecule has 0 aliphatic carbocycles. The molecule has 1 aliphatic rings. The van der Waals surface area contributed by atoms with Gasteiger partial charge >= 0.3 is 0 Å². The van der Waals surface area contributed by atoms with E-state index in [1.165, 1.54) is 59.8 Å². The molecular weight excluding hydrogens is 717 g/mol. The van der Waals surface area contributed by atoms with Gasteiger partial charge in [0.15, 0.2) is 0 Å². The lowest BCUT2D eigenvalue weighted by molar-refractivity contribution is 0.487. The highest BCUT2D eigenvalue weighted by Crippen LogP contribution is 2.39. The van der Waals surface area contributed by atoms with Crippen LogP contribution in [-0.2, 0) is 0 Å². The molecule has 0 N–H and O–H groups in total. The zero-order valence-corrected chi connectivity index (χ0v) is 32.0. The Balaban J connectivity index is 1.16. The Kier molecular flexibility index (Phi) is 6.78. The van der Waals surface area contributed by atoms with Gasteiger partial charge < -0.3 is 18.4 Å². The summed E-state index contributed by atoms with van der Waals surface area (Å²) >= 11 is 0. The Labute approximate surface area is 340 Å². The lowest BCUT2D eigenvalue weighted by Gasteiger charge is -2.30. The molecule has 59 heavy (non-hydrogen) atoms. The van der Waals surface area contributed by atoms with Gasteiger partial charge in [-0.3, -0.25) is 0 Å². The smallest absolute Gasteiger partial charge is 0.256 e. The number of nitrogens with zero attached hydrogens (tertiary/aromatic N) is 3. The Hall–Kier alpha value is -7.76. The predicted octanol–water partition coefficient (Wildman–Crippen LogP) is 11.6. The third-order valence-electron chi connectivity index (χ3n) is 12.6. The molecule has 0 unspecified atom stereocenters. The molecule has 0 atom stereocenters. The van der Waals surface area contributed by atoms with E-state index in [9.17, 15) is 0 Å². The number of ether oxygens (including phenoxy) is 1. The van der Waals surface area contributed by atoms with Crippen LogP contribution in [0.5, 0.6) is 11.5 Å². The molecule has 0 saturated carbocycles. The fraction of sp³-hybridized carbons (Fsp3) is 0. The zero-order chi connectivity index (χ0) is 38.6. The van der Waals surface area contributed by atoms with Gasteiger partial charge in [-0.25, -0.2) is 0 Å². The van der Waals surface area contributed by atoms with Crippen LogP contribution < -0.4 is 21.1 Å². The molecule has 4 nitrogen and oxygen atoms in total. The van der Waals surface area contributed by atoms with Crippen molar-refractivity contribution in [2.75, 3.05) is 0 Å². The fourth-order valence-corrected chi connectivity index (χ4v) is 10.2. The quantitative estimate of drug-likeness (QED) is 0.164. The number of fused-ring (bicyclic) bond motifs is 11. The normalized spacial score (nSPS) is 12.5. The van der Waals surface area contributed by atoms with E-state index in [0.29, 0.717) is 0 Å². The van der Waals surface area contributed by atoms with Gasteiger partial charge in [0.25, 0.3) is 6.71 Å². The average molecular weight is 752 g/mol. The second-order valence-corrected chi connectivity index (χ2v) is 15.6. The molecule has 274 valence electrons. The molecule has 0 spiro atoms. The van der Waals surface area contributed by atoms with E-state index in [4.69, 9.17) is 4.74 Å². The van der Waals surface area contributed by atoms with Crippen LogP contribution in [0.2, 0.25) is 0 Å². The van der Waals surface area contributed by atoms with Crippen LogP contribution in [0.25, 0.3) is 82.5 Å². The first-order valence-electron chi connectivity index (χ1n) is 20.3. The summed E-state index contributed by atoms with van der Waals surface area (Å²) < 4.78 is 14.1. The summed E-state index contributed by atoms with van der Waals surface area (Å²) in [6.07, 6.45) is 0. The Morgan fingerprint density at radius 1 is 0.305 bits per heavy atom. The van der Waals surface area contributed by atoms with Gasteiger partial charge in [0, 0.05) is 49.4 Å². The highest BCUT2D eigenvalue weighted by Gasteiger charge is 2.37. The van der Waals surface area contributed by atoms with Crippen LogP contribution in [0.3, 0.4) is 0 Å². The van der Waals surface area contributed by atoms with Crippen molar-refractivity contribution >= 4 is 88.5 Å². The molecule has 12 aromatic rings. The van der Waals surface area contributed by atoms with Crippen LogP contribution >= 0.6 is 0 Å². The first-order chi connectivity index (χ1) is 29.3. The largest absolute Gasteiger partial charge is 0.458 e. The highest BCUT2D eigenvalue weighted by atomic mass is 16.5. The van der Waals surface area contributed by atoms with E-state index in [0.717, 1.165) is 50.5 Å². The standard InChI is InChI=1S/C54H34BN3O/c1-8-23-44-36(16-1)37-17-2-9-24-45(37)56(44)35-32-33-49-41(34-35)40-20-5-12-27-48(40)58(49)51-29-15-28-50(57-46-25-10-3-18-38(46)39-19-4-11-26-47(39)57)54(51)55-42-21-6-13-30-52(42)59-53-31-14-7-22-43(53)55/h1-34H. The molecule has 13 rings (SSSR count). The maximum atomic E-state index is 6.66. The van der Waals surface area contributed by atoms with Crippen molar-refractivity contribution in [3.05, 3.63) is 206 Å². The SMILES string of the molecule is c1ccc2c(c1)Oc1ccccc1B2c1c(-n2c3ccccc3c3ccccc32)cccc1-n1c2ccccc2c2cc(-n3c4ccccc4c4ccccc43)ccc21. The van der Waals surface area contributed by atoms with E-state index in [2.05, 4.69) is 220 Å². The molecule has 5 heteroatoms. The van der Waals surface area contributed by atoms with E-state index >= 15 is 0 Å². The van der Waals surface area contributed by atoms with Crippen LogP contribution in [0.1, 0.15) is 0 Å². The van der Waals surface area contributed by atoms with Gasteiger partial charge in [0.2, 0.25) is 0 Å². The van der Waals surface area contributed by atoms with Crippen molar-refractivity contribution in [3.63, 3.8) is 0 Å². The van der Waals surface area contributed by atoms with E-state index in [1.54, 1.807) is 0 Å². The van der Waals surface area contributed by atoms with E-state index in [-0.39, 0.29) is 6.71 Å². The summed E-state index contributed by atoms with van der Waals surface area (Å²) in [5.74, 6) is 1.77. The van der Waals surface area contributed by atoms with E-state index in [1.807, 2.05) is 0 Å². The van der Waals surface area contributed by atoms with Crippen LogP contribution in [0.4, 0.5) is 0 Å². The topological polar surface area (TPSA) is 24.0 Å². The molecule has 3 aromatic heterocycles. The van der Waals surface area contributed by atoms with Crippen molar-refractivity contribution in [2.45, 2.75) is 0 Å². The first kappa shape index (κ1) is 32.3. The zero-order valence-electron chi connectivity index (χ0n) is 32.0. The van der Waals surface area contributed by atoms with Crippen molar-refractivity contribution in [3.8, 4) is 28.6 Å². The van der Waals surface area contributed by atoms with Gasteiger partial charge in [-0.1, -0.05) is 133 Å². The van der Waals surface area contributed by atoms with Gasteiger partial charge in [-0.2, -0.15) is 0 Å². The van der Waals surface area contributed by atoms with Crippen molar-refractivity contribution in [1.82, 2.24) is 13.7 Å². The average Bonchev–Trinajstić information content (AvgIpc) is 3.94. The number of aromatic nitrogens is 3. The summed E-state index contributed by atoms with van der Waals surface area (Å²) in [6, 6.07) is 75.0. The molecule has 0 bridgehead atoms. The molecule has 0 saturated heterocycles. The summed E-state index contributed by atoms with van der Waals surface area (Å²) in [7, 11) is 0. The minimum Gasteiger partial charge on any atom is -0.458 e. The number of hydrogen-bond donors (Lipinski definition) is 0. The van der Waals surface area contributed by atoms with Crippen LogP contribution in [-0.4, -0.2) is 20.4 Å². The second kappa shape index (κ2) is 12.4. The minimum absolute atomic E-state index is 0.129. The lowest BCUT2D eigenvalue weighted by atomic mass is 9.35. The number of hydrogen-bond acceptors (Lipinski definition) is 1. The van der Waals surface area contributed by atoms with Crippen molar-refractivity contribution < 1.29 is 4.74 Å². The summed E-state index contributed by atoms with van der Waals surface area (Å²) in [5.41, 5.74) is 14.0. The maximum absolute atomic E-state index is 6.66. The molecular formula is C54H34BN3O. The van der Waals surface area contributed by atoms with Gasteiger partial charge in [-0.05, 0) is 89.2 Å². The predicted molar refractivity (Wildman–Crippen MR) is 247 cm³/mol. The summed E-state index contributed by atoms with van der Waals surface area (Å²) in [5, 5.41) is 7.42. The number of benzene rings is 9. The third kappa shape index (κ3) is 4.55. The van der Waals surface area contributed by atoms with Crippen LogP contribution in [0, 0.1) is 0 Å².